The van der Waals surface area contributed by atoms with Crippen LogP contribution >= 0.6 is 0 Å². The zero-order chi connectivity index (χ0) is 26.6. The van der Waals surface area contributed by atoms with Crippen molar-refractivity contribution in [2.45, 2.75) is 41.5 Å². The minimum absolute atomic E-state index is 0.151. The van der Waals surface area contributed by atoms with E-state index in [9.17, 15) is 9.59 Å². The Morgan fingerprint density at radius 1 is 0.848 bits per heavy atom. The Bertz CT molecular complexity index is 921. The molecule has 2 aromatic heterocycles. The maximum absolute atomic E-state index is 10.6. The van der Waals surface area contributed by atoms with E-state index in [1.165, 1.54) is 17.8 Å². The number of aryl methyl sites for hydroxylation is 2. The van der Waals surface area contributed by atoms with E-state index in [1.807, 2.05) is 48.6 Å². The lowest BCUT2D eigenvalue weighted by molar-refractivity contribution is 0.632. The number of hydrogen-bond acceptors (Lipinski definition) is 11. The fraction of sp³-hybridized carbons (Fsp3) is 0.450. The Balaban J connectivity index is -0.000000367. The van der Waals surface area contributed by atoms with E-state index in [2.05, 4.69) is 31.6 Å². The molecule has 0 aromatic carbocycles. The zero-order valence-electron chi connectivity index (χ0n) is 21.1. The van der Waals surface area contributed by atoms with Crippen molar-refractivity contribution in [1.82, 2.24) is 29.2 Å². The van der Waals surface area contributed by atoms with E-state index >= 15 is 0 Å². The average Bonchev–Trinajstić information content (AvgIpc) is 2.81. The second-order valence-corrected chi connectivity index (χ2v) is 5.08. The number of guanidine groups is 1. The largest absolute Gasteiger partial charge is 0.383 e. The second-order valence-electron chi connectivity index (χ2n) is 5.08. The van der Waals surface area contributed by atoms with Gasteiger partial charge in [-0.3, -0.25) is 0 Å². The highest BCUT2D eigenvalue weighted by Gasteiger charge is 2.02. The van der Waals surface area contributed by atoms with Crippen molar-refractivity contribution in [3.8, 4) is 0 Å². The number of aliphatic imine (C=N–C) groups is 2. The van der Waals surface area contributed by atoms with Crippen molar-refractivity contribution < 1.29 is 0 Å². The third-order valence-electron chi connectivity index (χ3n) is 2.87. The fourth-order valence-electron chi connectivity index (χ4n) is 1.34. The molecule has 6 N–H and O–H groups in total. The van der Waals surface area contributed by atoms with E-state index in [0.29, 0.717) is 5.82 Å². The minimum atomic E-state index is -0.435. The molecule has 0 aliphatic carbocycles. The summed E-state index contributed by atoms with van der Waals surface area (Å²) in [7, 11) is 4.94. The molecule has 0 atom stereocenters. The van der Waals surface area contributed by atoms with Crippen molar-refractivity contribution in [3.05, 3.63) is 51.8 Å². The second kappa shape index (κ2) is 19.9. The van der Waals surface area contributed by atoms with Gasteiger partial charge in [-0.1, -0.05) is 48.1 Å². The van der Waals surface area contributed by atoms with Gasteiger partial charge in [0.2, 0.25) is 5.96 Å². The van der Waals surface area contributed by atoms with Crippen LogP contribution in [0.2, 0.25) is 0 Å². The molecule has 0 saturated carbocycles. The van der Waals surface area contributed by atoms with Crippen molar-refractivity contribution in [1.29, 1.82) is 0 Å². The van der Waals surface area contributed by atoms with E-state index in [1.54, 1.807) is 30.5 Å². The lowest BCUT2D eigenvalue weighted by Gasteiger charge is -2.14. The highest BCUT2D eigenvalue weighted by molar-refractivity contribution is 5.88. The quantitative estimate of drug-likeness (QED) is 0.508. The van der Waals surface area contributed by atoms with Gasteiger partial charge in [-0.15, -0.1) is 0 Å². The van der Waals surface area contributed by atoms with Gasteiger partial charge >= 0.3 is 11.4 Å². The summed E-state index contributed by atoms with van der Waals surface area (Å²) in [6, 6.07) is 1.57. The predicted octanol–water partition coefficient (Wildman–Crippen LogP) is 0.945. The van der Waals surface area contributed by atoms with Crippen molar-refractivity contribution in [2.75, 3.05) is 18.5 Å². The van der Waals surface area contributed by atoms with Gasteiger partial charge in [0, 0.05) is 27.3 Å². The van der Waals surface area contributed by atoms with E-state index in [0.717, 1.165) is 4.68 Å². The van der Waals surface area contributed by atoms with Crippen LogP contribution in [-0.4, -0.2) is 48.6 Å². The Morgan fingerprint density at radius 3 is 1.73 bits per heavy atom. The molecule has 2 aromatic rings. The SMILES string of the molecule is C=C1N=C(N)N=CN1C.CC.CC.CC.Cn1ccc(N)nc1=O.Cn1ncc(N)nc1=O. The third-order valence-corrected chi connectivity index (χ3v) is 2.87. The van der Waals surface area contributed by atoms with Gasteiger partial charge in [0.1, 0.15) is 17.5 Å². The maximum Gasteiger partial charge on any atom is 0.365 e. The molecular formula is C20H39N11O2. The lowest BCUT2D eigenvalue weighted by Crippen LogP contribution is -2.23. The number of hydrogen-bond donors (Lipinski definition) is 3. The summed E-state index contributed by atoms with van der Waals surface area (Å²) in [4.78, 5) is 37.2. The van der Waals surface area contributed by atoms with Crippen LogP contribution in [0.5, 0.6) is 0 Å². The molecule has 0 spiro atoms. The van der Waals surface area contributed by atoms with Gasteiger partial charge in [0.25, 0.3) is 0 Å². The summed E-state index contributed by atoms with van der Waals surface area (Å²) in [6.07, 6.45) is 4.47. The molecule has 0 radical (unpaired) electrons. The predicted molar refractivity (Wildman–Crippen MR) is 137 cm³/mol. The Morgan fingerprint density at radius 2 is 1.36 bits per heavy atom. The van der Waals surface area contributed by atoms with E-state index < -0.39 is 5.69 Å². The van der Waals surface area contributed by atoms with Crippen molar-refractivity contribution in [3.63, 3.8) is 0 Å². The monoisotopic (exact) mass is 465 g/mol. The Labute approximate surface area is 195 Å². The number of anilines is 2. The van der Waals surface area contributed by atoms with Gasteiger partial charge in [0.05, 0.1) is 12.5 Å². The molecular weight excluding hydrogens is 426 g/mol. The number of nitrogen functional groups attached to an aromatic ring is 2. The molecule has 186 valence electrons. The normalized spacial score (nSPS) is 10.6. The first-order chi connectivity index (χ1) is 15.6. The van der Waals surface area contributed by atoms with Crippen LogP contribution < -0.4 is 28.6 Å². The van der Waals surface area contributed by atoms with Crippen LogP contribution in [0.3, 0.4) is 0 Å². The first kappa shape index (κ1) is 33.6. The molecule has 0 amide bonds. The number of nitrogens with zero attached hydrogens (tertiary/aromatic N) is 8. The Kier molecular flexibility index (Phi) is 20.3. The van der Waals surface area contributed by atoms with Crippen molar-refractivity contribution >= 4 is 23.9 Å². The third kappa shape index (κ3) is 15.4. The van der Waals surface area contributed by atoms with Crippen LogP contribution in [0.1, 0.15) is 41.5 Å². The van der Waals surface area contributed by atoms with E-state index in [4.69, 9.17) is 17.2 Å². The summed E-state index contributed by atoms with van der Waals surface area (Å²) in [5, 5.41) is 3.59. The van der Waals surface area contributed by atoms with E-state index in [-0.39, 0.29) is 23.3 Å². The topological polar surface area (TPSA) is 189 Å². The number of nitrogens with two attached hydrogens (primary N) is 3. The molecule has 0 saturated heterocycles. The molecule has 0 unspecified atom stereocenters. The summed E-state index contributed by atoms with van der Waals surface area (Å²) in [5.41, 5.74) is 14.8. The van der Waals surface area contributed by atoms with Gasteiger partial charge in [-0.05, 0) is 6.07 Å². The van der Waals surface area contributed by atoms with Crippen LogP contribution in [0.25, 0.3) is 0 Å². The van der Waals surface area contributed by atoms with Crippen LogP contribution in [0.4, 0.5) is 11.6 Å². The van der Waals surface area contributed by atoms with Crippen LogP contribution in [-0.2, 0) is 14.1 Å². The smallest absolute Gasteiger partial charge is 0.365 e. The molecule has 33 heavy (non-hydrogen) atoms. The maximum atomic E-state index is 10.6. The number of rotatable bonds is 0. The fourth-order valence-corrected chi connectivity index (χ4v) is 1.34. The van der Waals surface area contributed by atoms with Gasteiger partial charge in [-0.2, -0.15) is 20.1 Å². The standard InChI is InChI=1S/C5H8N4.C5H7N3O.C4H6N4O.3C2H6/c1-4-8-5(6)7-3-9(4)2;1-8-3-2-4(6)7-5(8)9;1-8-4(9)7-3(5)2-6-8;3*1-2/h3H,1H2,2H3,(H2,6,8);2-3H,1H3,(H2,6,7,9);2H,1H3,(H2,5,7,9);3*1-2H3. The molecule has 1 aliphatic heterocycles. The molecule has 3 heterocycles. The lowest BCUT2D eigenvalue weighted by atomic mass is 10.6. The van der Waals surface area contributed by atoms with Gasteiger partial charge in [0.15, 0.2) is 0 Å². The average molecular weight is 466 g/mol. The molecule has 0 bridgehead atoms. The summed E-state index contributed by atoms with van der Waals surface area (Å²) in [5.74, 6) is 1.29. The van der Waals surface area contributed by atoms with Gasteiger partial charge < -0.3 is 26.7 Å². The summed E-state index contributed by atoms with van der Waals surface area (Å²) < 4.78 is 2.46. The van der Waals surface area contributed by atoms with Crippen molar-refractivity contribution in [2.24, 2.45) is 29.8 Å². The molecule has 13 nitrogen and oxygen atoms in total. The summed E-state index contributed by atoms with van der Waals surface area (Å²) >= 11 is 0. The zero-order valence-corrected chi connectivity index (χ0v) is 21.1. The van der Waals surface area contributed by atoms with Gasteiger partial charge in [-0.25, -0.2) is 19.3 Å². The Hall–Kier alpha value is -4.03. The summed E-state index contributed by atoms with van der Waals surface area (Å²) in [6.45, 7) is 15.6. The minimum Gasteiger partial charge on any atom is -0.383 e. The molecule has 13 heteroatoms. The first-order valence-electron chi connectivity index (χ1n) is 10.3. The molecule has 3 rings (SSSR count). The highest BCUT2D eigenvalue weighted by atomic mass is 16.1. The van der Waals surface area contributed by atoms with Crippen LogP contribution in [0.15, 0.2) is 50.4 Å². The molecule has 0 fully saturated rings. The first-order valence-corrected chi connectivity index (χ1v) is 10.3. The van der Waals surface area contributed by atoms with Crippen LogP contribution in [0, 0.1) is 0 Å². The number of aromatic nitrogens is 5. The molecule has 1 aliphatic rings. The highest BCUT2D eigenvalue weighted by Crippen LogP contribution is 2.00.